The third-order valence-corrected chi connectivity index (χ3v) is 8.99. The number of ether oxygens (including phenoxy) is 3. The molecule has 3 heteroatoms. The number of allylic oxidation sites excluding steroid dienone is 1. The predicted octanol–water partition coefficient (Wildman–Crippen LogP) is 8.43. The van der Waals surface area contributed by atoms with Gasteiger partial charge in [-0.25, -0.2) is 0 Å². The van der Waals surface area contributed by atoms with Crippen molar-refractivity contribution in [2.24, 2.45) is 5.41 Å². The molecule has 190 valence electrons. The van der Waals surface area contributed by atoms with Gasteiger partial charge < -0.3 is 14.2 Å². The lowest BCUT2D eigenvalue weighted by molar-refractivity contribution is -0.232. The van der Waals surface area contributed by atoms with Crippen LogP contribution in [0.25, 0.3) is 0 Å². The summed E-state index contributed by atoms with van der Waals surface area (Å²) in [6.45, 7) is 6.22. The smallest absolute Gasteiger partial charge is 0.181 e. The Morgan fingerprint density at radius 3 is 2.18 bits per heavy atom. The second-order valence-electron chi connectivity index (χ2n) is 11.2. The largest absolute Gasteiger partial charge is 0.366 e. The van der Waals surface area contributed by atoms with E-state index in [-0.39, 0.29) is 12.4 Å². The van der Waals surface area contributed by atoms with Gasteiger partial charge in [0.15, 0.2) is 6.29 Å². The maximum atomic E-state index is 6.12. The summed E-state index contributed by atoms with van der Waals surface area (Å²) in [6.07, 6.45) is 23.2. The zero-order chi connectivity index (χ0) is 23.7. The highest BCUT2D eigenvalue weighted by Gasteiger charge is 2.48. The molecule has 0 unspecified atom stereocenters. The number of benzene rings is 1. The summed E-state index contributed by atoms with van der Waals surface area (Å²) in [5.41, 5.74) is 3.89. The Morgan fingerprint density at radius 1 is 0.824 bits per heavy atom. The quantitative estimate of drug-likeness (QED) is 0.215. The molecule has 4 aliphatic rings. The van der Waals surface area contributed by atoms with E-state index < -0.39 is 0 Å². The van der Waals surface area contributed by atoms with Gasteiger partial charge in [0.05, 0.1) is 19.8 Å². The molecule has 1 aromatic carbocycles. The lowest BCUT2D eigenvalue weighted by atomic mass is 9.51. The minimum absolute atomic E-state index is 0.0138. The first-order chi connectivity index (χ1) is 16.7. The van der Waals surface area contributed by atoms with Crippen molar-refractivity contribution in [3.8, 4) is 0 Å². The lowest BCUT2D eigenvalue weighted by Gasteiger charge is -2.54. The highest BCUT2D eigenvalue weighted by atomic mass is 16.7. The monoisotopic (exact) mass is 468 g/mol. The van der Waals surface area contributed by atoms with Crippen molar-refractivity contribution in [1.82, 2.24) is 0 Å². The molecular weight excluding hydrogens is 420 g/mol. The van der Waals surface area contributed by atoms with Gasteiger partial charge in [0.1, 0.15) is 6.10 Å². The maximum Gasteiger partial charge on any atom is 0.181 e. The van der Waals surface area contributed by atoms with Crippen molar-refractivity contribution in [1.29, 1.82) is 0 Å². The van der Waals surface area contributed by atoms with Gasteiger partial charge >= 0.3 is 0 Å². The predicted molar refractivity (Wildman–Crippen MR) is 140 cm³/mol. The van der Waals surface area contributed by atoms with Crippen LogP contribution < -0.4 is 0 Å². The minimum Gasteiger partial charge on any atom is -0.366 e. The fourth-order valence-corrected chi connectivity index (χ4v) is 6.51. The Balaban J connectivity index is 1.21. The summed E-state index contributed by atoms with van der Waals surface area (Å²) >= 11 is 0. The van der Waals surface area contributed by atoms with Gasteiger partial charge in [0, 0.05) is 0 Å². The molecule has 3 nitrogen and oxygen atoms in total. The summed E-state index contributed by atoms with van der Waals surface area (Å²) in [5.74, 6) is 0. The number of hydrogen-bond acceptors (Lipinski definition) is 3. The maximum absolute atomic E-state index is 6.12. The average molecular weight is 469 g/mol. The van der Waals surface area contributed by atoms with Crippen LogP contribution in [0.5, 0.6) is 0 Å². The van der Waals surface area contributed by atoms with Gasteiger partial charge in [-0.1, -0.05) is 82.4 Å². The standard InChI is InChI=1S/C31H48O3/c1-3-5-7-8-9-11-23-32-29-25-33-28(24-34-29)26-12-14-27(15-13-26)31-20-17-30(18-21-31,19-22-31)16-10-6-4-2/h9,11-15,28-29H,3-8,10,16-25H2,1-2H3/b11-9+/t28-,29+,30?,31?/m1/s1. The molecular formula is C31H48O3. The van der Waals surface area contributed by atoms with E-state index in [2.05, 4.69) is 50.3 Å². The fraction of sp³-hybridized carbons (Fsp3) is 0.742. The Kier molecular flexibility index (Phi) is 9.68. The number of unbranched alkanes of at least 4 members (excludes halogenated alkanes) is 5. The van der Waals surface area contributed by atoms with Crippen molar-refractivity contribution in [3.05, 3.63) is 47.5 Å². The summed E-state index contributed by atoms with van der Waals surface area (Å²) in [7, 11) is 0. The molecule has 1 aliphatic heterocycles. The van der Waals surface area contributed by atoms with E-state index in [1.165, 1.54) is 89.0 Å². The normalized spacial score (nSPS) is 31.4. The first kappa shape index (κ1) is 25.9. The molecule has 0 aromatic heterocycles. The van der Waals surface area contributed by atoms with E-state index in [0.717, 1.165) is 6.42 Å². The van der Waals surface area contributed by atoms with E-state index in [1.807, 2.05) is 0 Å². The van der Waals surface area contributed by atoms with Gasteiger partial charge in [-0.2, -0.15) is 0 Å². The molecule has 1 aromatic rings. The van der Waals surface area contributed by atoms with Crippen LogP contribution in [0, 0.1) is 5.41 Å². The summed E-state index contributed by atoms with van der Waals surface area (Å²) in [6, 6.07) is 9.35. The molecule has 0 radical (unpaired) electrons. The van der Waals surface area contributed by atoms with Crippen LogP contribution in [0.1, 0.15) is 121 Å². The van der Waals surface area contributed by atoms with Crippen LogP contribution in [-0.4, -0.2) is 26.1 Å². The van der Waals surface area contributed by atoms with Crippen LogP contribution in [0.3, 0.4) is 0 Å². The van der Waals surface area contributed by atoms with E-state index in [1.54, 1.807) is 5.56 Å². The van der Waals surface area contributed by atoms with Gasteiger partial charge in [-0.15, -0.1) is 0 Å². The average Bonchev–Trinajstić information content (AvgIpc) is 2.90. The van der Waals surface area contributed by atoms with Crippen LogP contribution in [-0.2, 0) is 19.6 Å². The van der Waals surface area contributed by atoms with Crippen LogP contribution in [0.4, 0.5) is 0 Å². The third kappa shape index (κ3) is 6.53. The lowest BCUT2D eigenvalue weighted by Crippen LogP contribution is -2.44. The van der Waals surface area contributed by atoms with Gasteiger partial charge in [0.2, 0.25) is 0 Å². The van der Waals surface area contributed by atoms with Gasteiger partial charge in [-0.3, -0.25) is 0 Å². The zero-order valence-corrected chi connectivity index (χ0v) is 21.9. The molecule has 5 rings (SSSR count). The second kappa shape index (κ2) is 12.7. The van der Waals surface area contributed by atoms with E-state index in [9.17, 15) is 0 Å². The third-order valence-electron chi connectivity index (χ3n) is 8.99. The molecule has 0 spiro atoms. The fourth-order valence-electron chi connectivity index (χ4n) is 6.51. The second-order valence-corrected chi connectivity index (χ2v) is 11.2. The zero-order valence-electron chi connectivity index (χ0n) is 21.9. The Morgan fingerprint density at radius 2 is 1.53 bits per heavy atom. The van der Waals surface area contributed by atoms with Crippen molar-refractivity contribution < 1.29 is 14.2 Å². The van der Waals surface area contributed by atoms with E-state index >= 15 is 0 Å². The minimum atomic E-state index is -0.253. The topological polar surface area (TPSA) is 27.7 Å². The van der Waals surface area contributed by atoms with E-state index in [4.69, 9.17) is 14.2 Å². The number of fused-ring (bicyclic) bond motifs is 3. The number of hydrogen-bond donors (Lipinski definition) is 0. The van der Waals surface area contributed by atoms with Crippen molar-refractivity contribution in [2.75, 3.05) is 19.8 Å². The first-order valence-electron chi connectivity index (χ1n) is 14.3. The molecule has 1 heterocycles. The van der Waals surface area contributed by atoms with Crippen molar-refractivity contribution in [3.63, 3.8) is 0 Å². The number of rotatable bonds is 13. The molecule has 0 amide bonds. The van der Waals surface area contributed by atoms with Gasteiger partial charge in [-0.05, 0) is 79.7 Å². The summed E-state index contributed by atoms with van der Waals surface area (Å²) in [5, 5.41) is 0. The molecule has 3 aliphatic carbocycles. The first-order valence-corrected chi connectivity index (χ1v) is 14.3. The molecule has 1 saturated heterocycles. The van der Waals surface area contributed by atoms with Gasteiger partial charge in [0.25, 0.3) is 0 Å². The highest BCUT2D eigenvalue weighted by Crippen LogP contribution is 2.59. The molecule has 0 N–H and O–H groups in total. The molecule has 2 atom stereocenters. The Hall–Kier alpha value is -1.16. The van der Waals surface area contributed by atoms with Crippen LogP contribution in [0.15, 0.2) is 36.4 Å². The summed E-state index contributed by atoms with van der Waals surface area (Å²) < 4.78 is 17.9. The molecule has 34 heavy (non-hydrogen) atoms. The summed E-state index contributed by atoms with van der Waals surface area (Å²) in [4.78, 5) is 0. The highest BCUT2D eigenvalue weighted by molar-refractivity contribution is 5.32. The molecule has 2 bridgehead atoms. The van der Waals surface area contributed by atoms with Crippen LogP contribution >= 0.6 is 0 Å². The van der Waals surface area contributed by atoms with E-state index in [0.29, 0.717) is 30.7 Å². The Labute approximate surface area is 208 Å². The molecule has 4 fully saturated rings. The van der Waals surface area contributed by atoms with Crippen molar-refractivity contribution >= 4 is 0 Å². The SMILES string of the molecule is CCCCC/C=C/CO[C@@H]1CO[C@@H](c2ccc(C34CCC(CCCCC)(CC3)CC4)cc2)CO1. The van der Waals surface area contributed by atoms with Crippen LogP contribution in [0.2, 0.25) is 0 Å². The van der Waals surface area contributed by atoms with Crippen molar-refractivity contribution in [2.45, 2.75) is 122 Å². The molecule has 3 saturated carbocycles. The Bertz CT molecular complexity index is 720.